The third-order valence-corrected chi connectivity index (χ3v) is 9.25. The molecule has 4 aromatic carbocycles. The Morgan fingerprint density at radius 2 is 0.825 bits per heavy atom. The Hall–Kier alpha value is -7.32. The second-order valence-corrected chi connectivity index (χ2v) is 14.0. The van der Waals surface area contributed by atoms with Crippen LogP contribution in [0, 0.1) is 64.2 Å². The molecular weight excluding hydrogens is 713 g/mol. The Morgan fingerprint density at radius 3 is 1.16 bits per heavy atom. The largest absolute Gasteiger partial charge is 0.354 e. The molecule has 288 valence electrons. The molecule has 0 atom stereocenters. The van der Waals surface area contributed by atoms with E-state index in [4.69, 9.17) is 19.9 Å². The van der Waals surface area contributed by atoms with Gasteiger partial charge in [0.2, 0.25) is 35.7 Å². The molecule has 6 aromatic rings. The lowest BCUT2D eigenvalue weighted by atomic mass is 10.0. The molecule has 0 aliphatic carbocycles. The minimum atomic E-state index is 0.364. The van der Waals surface area contributed by atoms with Crippen molar-refractivity contribution < 1.29 is 0 Å². The monoisotopic (exact) mass is 758 g/mol. The maximum Gasteiger partial charge on any atom is 0.236 e. The predicted molar refractivity (Wildman–Crippen MR) is 228 cm³/mol. The zero-order chi connectivity index (χ0) is 40.6. The van der Waals surface area contributed by atoms with Gasteiger partial charge in [-0.2, -0.15) is 40.4 Å². The maximum atomic E-state index is 9.25. The van der Waals surface area contributed by atoms with Crippen molar-refractivity contribution in [3.8, 4) is 12.1 Å². The van der Waals surface area contributed by atoms with Crippen LogP contribution in [0.4, 0.5) is 58.4 Å². The number of aromatic nitrogens is 6. The number of nitrogens with zero attached hydrogens (tertiary/aromatic N) is 10. The van der Waals surface area contributed by atoms with Crippen LogP contribution in [-0.4, -0.2) is 57.1 Å². The summed E-state index contributed by atoms with van der Waals surface area (Å²) < 4.78 is 0. The van der Waals surface area contributed by atoms with Crippen molar-refractivity contribution in [1.82, 2.24) is 29.9 Å². The lowest BCUT2D eigenvalue weighted by Crippen LogP contribution is -2.20. The molecule has 0 spiro atoms. The van der Waals surface area contributed by atoms with Crippen molar-refractivity contribution in [2.45, 2.75) is 48.0 Å². The van der Waals surface area contributed by atoms with Gasteiger partial charge >= 0.3 is 0 Å². The summed E-state index contributed by atoms with van der Waals surface area (Å²) in [5.41, 5.74) is 11.5. The topological polar surface area (TPSA) is 180 Å². The summed E-state index contributed by atoms with van der Waals surface area (Å²) in [6.07, 6.45) is 0.677. The molecule has 6 rings (SSSR count). The average Bonchev–Trinajstić information content (AvgIpc) is 3.17. The molecule has 0 radical (unpaired) electrons. The molecule has 0 bridgehead atoms. The van der Waals surface area contributed by atoms with E-state index in [1.165, 1.54) is 11.1 Å². The number of hydrogen-bond acceptors (Lipinski definition) is 14. The Morgan fingerprint density at radius 1 is 0.491 bits per heavy atom. The van der Waals surface area contributed by atoms with E-state index in [0.29, 0.717) is 66.3 Å². The van der Waals surface area contributed by atoms with Gasteiger partial charge in [-0.3, -0.25) is 0 Å². The molecule has 14 heteroatoms. The third kappa shape index (κ3) is 9.68. The molecule has 2 heterocycles. The van der Waals surface area contributed by atoms with Crippen molar-refractivity contribution in [1.29, 1.82) is 10.5 Å². The van der Waals surface area contributed by atoms with Crippen LogP contribution in [0.15, 0.2) is 72.8 Å². The first-order valence-corrected chi connectivity index (χ1v) is 18.6. The van der Waals surface area contributed by atoms with Crippen LogP contribution in [0.5, 0.6) is 0 Å². The normalized spacial score (nSPS) is 10.6. The highest BCUT2D eigenvalue weighted by atomic mass is 15.3. The van der Waals surface area contributed by atoms with Crippen molar-refractivity contribution in [2.24, 2.45) is 0 Å². The molecule has 57 heavy (non-hydrogen) atoms. The van der Waals surface area contributed by atoms with Crippen molar-refractivity contribution in [3.63, 3.8) is 0 Å². The highest BCUT2D eigenvalue weighted by Crippen LogP contribution is 2.32. The SMILES string of the molecule is Cc1cc(C)c(N(C)c2nc(NCCCNc3nc(Nc4ccc(C#N)cc4)nc(N(C)c4c(C)cc(C)cc4C)n3)nc(Nc3ccc(C#N)cc3)n2)c(C)c1. The number of rotatable bonds is 14. The Kier molecular flexibility index (Phi) is 12.0. The molecule has 0 amide bonds. The van der Waals surface area contributed by atoms with Crippen LogP contribution in [0.3, 0.4) is 0 Å². The van der Waals surface area contributed by atoms with Crippen LogP contribution in [0.25, 0.3) is 0 Å². The fourth-order valence-corrected chi connectivity index (χ4v) is 6.91. The lowest BCUT2D eigenvalue weighted by Gasteiger charge is -2.23. The van der Waals surface area contributed by atoms with E-state index in [1.54, 1.807) is 24.3 Å². The number of nitrogens with one attached hydrogen (secondary N) is 4. The number of anilines is 10. The molecule has 0 aliphatic heterocycles. The molecule has 0 aliphatic rings. The van der Waals surface area contributed by atoms with Gasteiger partial charge < -0.3 is 31.1 Å². The quantitative estimate of drug-likeness (QED) is 0.0776. The molecule has 4 N–H and O–H groups in total. The highest BCUT2D eigenvalue weighted by molar-refractivity contribution is 5.69. The molecule has 14 nitrogen and oxygen atoms in total. The van der Waals surface area contributed by atoms with Gasteiger partial charge in [-0.15, -0.1) is 0 Å². The van der Waals surface area contributed by atoms with Crippen molar-refractivity contribution in [2.75, 3.05) is 58.3 Å². The Labute approximate surface area is 333 Å². The van der Waals surface area contributed by atoms with Crippen LogP contribution in [0.2, 0.25) is 0 Å². The number of aryl methyl sites for hydroxylation is 6. The summed E-state index contributed by atoms with van der Waals surface area (Å²) in [5, 5.41) is 31.8. The van der Waals surface area contributed by atoms with Crippen LogP contribution < -0.4 is 31.1 Å². The summed E-state index contributed by atoms with van der Waals surface area (Å²) in [4.78, 5) is 32.5. The number of nitriles is 2. The van der Waals surface area contributed by atoms with Crippen LogP contribution in [-0.2, 0) is 0 Å². The van der Waals surface area contributed by atoms with Gasteiger partial charge in [-0.05, 0) is 119 Å². The van der Waals surface area contributed by atoms with E-state index in [0.717, 1.165) is 45.0 Å². The molecule has 0 saturated carbocycles. The van der Waals surface area contributed by atoms with E-state index < -0.39 is 0 Å². The van der Waals surface area contributed by atoms with E-state index in [9.17, 15) is 10.5 Å². The summed E-state index contributed by atoms with van der Waals surface area (Å²) >= 11 is 0. The second kappa shape index (κ2) is 17.4. The smallest absolute Gasteiger partial charge is 0.236 e. The first-order chi connectivity index (χ1) is 27.4. The van der Waals surface area contributed by atoms with E-state index in [2.05, 4.69) is 109 Å². The number of benzene rings is 4. The van der Waals surface area contributed by atoms with Gasteiger partial charge in [0.1, 0.15) is 0 Å². The minimum Gasteiger partial charge on any atom is -0.354 e. The summed E-state index contributed by atoms with van der Waals surface area (Å²) in [6.45, 7) is 13.6. The fourth-order valence-electron chi connectivity index (χ4n) is 6.91. The lowest BCUT2D eigenvalue weighted by molar-refractivity contribution is 0.871. The van der Waals surface area contributed by atoms with Gasteiger partial charge in [-0.1, -0.05) is 35.4 Å². The summed E-state index contributed by atoms with van der Waals surface area (Å²) in [7, 11) is 3.90. The Balaban J connectivity index is 1.20. The number of hydrogen-bond donors (Lipinski definition) is 4. The maximum absolute atomic E-state index is 9.25. The van der Waals surface area contributed by atoms with Gasteiger partial charge in [-0.25, -0.2) is 0 Å². The van der Waals surface area contributed by atoms with Gasteiger partial charge in [0.25, 0.3) is 0 Å². The first-order valence-electron chi connectivity index (χ1n) is 18.6. The van der Waals surface area contributed by atoms with Crippen molar-refractivity contribution >= 4 is 58.4 Å². The average molecular weight is 759 g/mol. The third-order valence-electron chi connectivity index (χ3n) is 9.25. The predicted octanol–water partition coefficient (Wildman–Crippen LogP) is 8.59. The van der Waals surface area contributed by atoms with Gasteiger partial charge in [0.15, 0.2) is 0 Å². The molecule has 2 aromatic heterocycles. The van der Waals surface area contributed by atoms with Crippen LogP contribution in [0.1, 0.15) is 50.9 Å². The summed E-state index contributed by atoms with van der Waals surface area (Å²) in [6, 6.07) is 27.1. The fraction of sp³-hybridized carbons (Fsp3) is 0.256. The van der Waals surface area contributed by atoms with E-state index in [1.807, 2.05) is 48.2 Å². The Bertz CT molecular complexity index is 2250. The van der Waals surface area contributed by atoms with Crippen molar-refractivity contribution in [3.05, 3.63) is 117 Å². The van der Waals surface area contributed by atoms with Gasteiger partial charge in [0.05, 0.1) is 23.3 Å². The molecule has 0 saturated heterocycles. The van der Waals surface area contributed by atoms with E-state index in [-0.39, 0.29) is 0 Å². The zero-order valence-electron chi connectivity index (χ0n) is 33.5. The zero-order valence-corrected chi connectivity index (χ0v) is 33.5. The second-order valence-electron chi connectivity index (χ2n) is 14.0. The standard InChI is InChI=1S/C43H46N14/c1-26-20-28(3)36(29(4)21-26)56(7)42-52-38(50-40(54-42)48-34-14-10-32(24-44)11-15-34)46-18-9-19-47-39-51-41(49-35-16-12-33(25-45)13-17-35)55-43(53-39)57(8)37-30(5)22-27(2)23-31(37)6/h10-17,20-23H,9,18-19H2,1-8H3,(H2,46,48,50,52,54)(H2,47,49,51,53,55). The van der Waals surface area contributed by atoms with E-state index >= 15 is 0 Å². The molecular formula is C43H46N14. The van der Waals surface area contributed by atoms with Gasteiger partial charge in [0, 0.05) is 49.9 Å². The highest BCUT2D eigenvalue weighted by Gasteiger charge is 2.18. The minimum absolute atomic E-state index is 0.364. The summed E-state index contributed by atoms with van der Waals surface area (Å²) in [5.74, 6) is 2.49. The molecule has 0 fully saturated rings. The van der Waals surface area contributed by atoms with Crippen LogP contribution >= 0.6 is 0 Å². The first kappa shape index (κ1) is 39.4. The molecule has 0 unspecified atom stereocenters.